The molecule has 20 heteroatoms. The highest BCUT2D eigenvalue weighted by molar-refractivity contribution is 6.18. The predicted molar refractivity (Wildman–Crippen MR) is 237 cm³/mol. The zero-order chi connectivity index (χ0) is 50.9. The minimum atomic E-state index is -1.60. The van der Waals surface area contributed by atoms with Crippen LogP contribution in [0.1, 0.15) is 119 Å². The van der Waals surface area contributed by atoms with Gasteiger partial charge in [0.25, 0.3) is 0 Å². The lowest BCUT2D eigenvalue weighted by Gasteiger charge is -2.42. The Morgan fingerprint density at radius 1 is 0.457 bits per heavy atom. The van der Waals surface area contributed by atoms with Gasteiger partial charge in [0.1, 0.15) is 46.7 Å². The van der Waals surface area contributed by atoms with Crippen LogP contribution in [0.25, 0.3) is 0 Å². The molecule has 4 aromatic rings. The lowest BCUT2D eigenvalue weighted by Crippen LogP contribution is -2.60. The minimum Gasteiger partial charge on any atom is -0.507 e. The number of carbonyl (C=O) groups excluding carboxylic acids is 6. The van der Waals surface area contributed by atoms with Gasteiger partial charge in [-0.2, -0.15) is 0 Å². The number of carbonyl (C=O) groups is 6. The van der Waals surface area contributed by atoms with E-state index in [9.17, 15) is 59.4 Å². The molecular weight excluding hydrogens is 921 g/mol. The molecule has 4 aromatic carbocycles. The van der Waals surface area contributed by atoms with Crippen LogP contribution in [0, 0.1) is 13.8 Å². The highest BCUT2D eigenvalue weighted by Crippen LogP contribution is 2.57. The Balaban J connectivity index is 1.34. The monoisotopic (exact) mass is 970 g/mol. The van der Waals surface area contributed by atoms with E-state index < -0.39 is 132 Å². The molecule has 70 heavy (non-hydrogen) atoms. The summed E-state index contributed by atoms with van der Waals surface area (Å²) in [5.74, 6) is -10.1. The molecule has 0 bridgehead atoms. The largest absolute Gasteiger partial charge is 0.507 e. The van der Waals surface area contributed by atoms with Gasteiger partial charge < -0.3 is 68.5 Å². The summed E-state index contributed by atoms with van der Waals surface area (Å²) in [7, 11) is 0. The molecule has 0 saturated carbocycles. The molecule has 12 atom stereocenters. The number of aryl methyl sites for hydroxylation is 2. The number of ether oxygens (including phenoxy) is 8. The number of phenolic OH excluding ortho intramolecular Hbond substituents is 4. The van der Waals surface area contributed by atoms with E-state index in [1.165, 1.54) is 38.1 Å². The van der Waals surface area contributed by atoms with Gasteiger partial charge in [0.2, 0.25) is 36.4 Å². The number of aliphatic hydroxyl groups is 2. The first-order valence-electron chi connectivity index (χ1n) is 22.1. The fourth-order valence-electron chi connectivity index (χ4n) is 9.96. The molecule has 2 saturated heterocycles. The summed E-state index contributed by atoms with van der Waals surface area (Å²) in [5, 5.41) is 68.9. The molecule has 20 nitrogen and oxygen atoms in total. The van der Waals surface area contributed by atoms with Gasteiger partial charge in [-0.25, -0.2) is 0 Å². The zero-order valence-corrected chi connectivity index (χ0v) is 38.9. The van der Waals surface area contributed by atoms with Gasteiger partial charge in [0.15, 0.2) is 12.2 Å². The first-order valence-corrected chi connectivity index (χ1v) is 22.1. The highest BCUT2D eigenvalue weighted by atomic mass is 16.7. The maximum Gasteiger partial charge on any atom is 0.303 e. The quantitative estimate of drug-likeness (QED) is 0.102. The molecule has 4 aliphatic rings. The fraction of sp³-hybridized carbons (Fsp3) is 0.400. The average molecular weight is 971 g/mol. The van der Waals surface area contributed by atoms with Gasteiger partial charge in [0.05, 0.1) is 34.5 Å². The molecule has 0 spiro atoms. The van der Waals surface area contributed by atoms with Crippen molar-refractivity contribution in [2.24, 2.45) is 0 Å². The smallest absolute Gasteiger partial charge is 0.303 e. The summed E-state index contributed by atoms with van der Waals surface area (Å²) in [6, 6.07) is 10.8. The number of rotatable bonds is 9. The second kappa shape index (κ2) is 18.6. The van der Waals surface area contributed by atoms with Crippen LogP contribution in [-0.2, 0) is 47.6 Å². The van der Waals surface area contributed by atoms with Crippen LogP contribution in [0.15, 0.2) is 48.5 Å². The van der Waals surface area contributed by atoms with E-state index in [1.54, 1.807) is 26.0 Å². The maximum atomic E-state index is 14.6. The molecule has 0 amide bonds. The van der Waals surface area contributed by atoms with Gasteiger partial charge >= 0.3 is 23.9 Å². The molecule has 0 unspecified atom stereocenters. The van der Waals surface area contributed by atoms with Crippen molar-refractivity contribution in [2.45, 2.75) is 129 Å². The fourth-order valence-corrected chi connectivity index (χ4v) is 9.96. The Bertz CT molecular complexity index is 2660. The molecule has 0 radical (unpaired) electrons. The Hall–Kier alpha value is -7.26. The van der Waals surface area contributed by atoms with Crippen molar-refractivity contribution in [1.82, 2.24) is 0 Å². The van der Waals surface area contributed by atoms with Crippen molar-refractivity contribution in [3.63, 3.8) is 0 Å². The van der Waals surface area contributed by atoms with E-state index in [4.69, 9.17) is 37.9 Å². The molecule has 2 aliphatic heterocycles. The van der Waals surface area contributed by atoms with Crippen LogP contribution in [0.3, 0.4) is 0 Å². The average Bonchev–Trinajstić information content (AvgIpc) is 3.23. The van der Waals surface area contributed by atoms with Crippen molar-refractivity contribution < 1.29 is 97.3 Å². The van der Waals surface area contributed by atoms with Crippen molar-refractivity contribution in [3.05, 3.63) is 104 Å². The lowest BCUT2D eigenvalue weighted by molar-refractivity contribution is -0.277. The zero-order valence-electron chi connectivity index (χ0n) is 38.9. The number of aliphatic hydroxyl groups excluding tert-OH is 2. The first-order chi connectivity index (χ1) is 32.9. The Labute approximate surface area is 399 Å². The van der Waals surface area contributed by atoms with Crippen molar-refractivity contribution in [2.75, 3.05) is 0 Å². The van der Waals surface area contributed by atoms with E-state index in [0.29, 0.717) is 11.1 Å². The Morgan fingerprint density at radius 2 is 0.743 bits per heavy atom. The lowest BCUT2D eigenvalue weighted by atomic mass is 9.63. The number of phenols is 4. The standard InChI is InChI=1S/C50H50O20/c1-17-9-27-35(29-13-25(15-33(57)39(29)43(61)37(27)31(55)11-17)69-49-47(67-23(7)53)45(65-21(5)51)41(59)19(3)63-49)36-28-10-18(2)12-32(56)38(28)44(62)40-30(36)14-26(16-34(40)58)70-50-48(68-24(8)54)46(66-22(6)52)42(60)20(4)64-50/h9-16,19-20,35-36,41-42,45-50,55-60H,1-8H3/t19-,20-,35-,36+,41-,42-,45+,46+,47+,48+,49-,50-/m0/s1. The summed E-state index contributed by atoms with van der Waals surface area (Å²) < 4.78 is 46.1. The van der Waals surface area contributed by atoms with Crippen molar-refractivity contribution >= 4 is 35.4 Å². The number of ketones is 2. The molecule has 2 heterocycles. The van der Waals surface area contributed by atoms with Gasteiger partial charge in [-0.3, -0.25) is 28.8 Å². The van der Waals surface area contributed by atoms with Crippen LogP contribution < -0.4 is 9.47 Å². The molecule has 6 N–H and O–H groups in total. The van der Waals surface area contributed by atoms with Gasteiger partial charge in [-0.1, -0.05) is 12.1 Å². The van der Waals surface area contributed by atoms with Crippen LogP contribution in [0.5, 0.6) is 34.5 Å². The Kier molecular flexibility index (Phi) is 13.0. The Morgan fingerprint density at radius 3 is 1.06 bits per heavy atom. The number of benzene rings is 4. The van der Waals surface area contributed by atoms with Crippen LogP contribution in [0.4, 0.5) is 0 Å². The summed E-state index contributed by atoms with van der Waals surface area (Å²) in [6.07, 6.45) is -14.4. The number of fused-ring (bicyclic) bond motifs is 4. The second-order valence-corrected chi connectivity index (χ2v) is 17.9. The van der Waals surface area contributed by atoms with Crippen molar-refractivity contribution in [1.29, 1.82) is 0 Å². The predicted octanol–water partition coefficient (Wildman–Crippen LogP) is 3.87. The van der Waals surface area contributed by atoms with Gasteiger partial charge in [0, 0.05) is 51.7 Å². The topological polar surface area (TPSA) is 298 Å². The summed E-state index contributed by atoms with van der Waals surface area (Å²) in [5.41, 5.74) is 0.280. The molecule has 8 rings (SSSR count). The number of aromatic hydroxyl groups is 4. The number of hydrogen-bond donors (Lipinski definition) is 6. The first kappa shape index (κ1) is 49.2. The summed E-state index contributed by atoms with van der Waals surface area (Å²) >= 11 is 0. The maximum absolute atomic E-state index is 14.6. The second-order valence-electron chi connectivity index (χ2n) is 17.9. The normalized spacial score (nSPS) is 27.7. The third-order valence-electron chi connectivity index (χ3n) is 12.6. The molecular formula is C50H50O20. The number of esters is 4. The van der Waals surface area contributed by atoms with E-state index in [1.807, 2.05) is 0 Å². The van der Waals surface area contributed by atoms with Crippen molar-refractivity contribution in [3.8, 4) is 34.5 Å². The summed E-state index contributed by atoms with van der Waals surface area (Å²) in [6.45, 7) is 10.5. The van der Waals surface area contributed by atoms with Gasteiger partial charge in [-0.05, 0) is 85.3 Å². The summed E-state index contributed by atoms with van der Waals surface area (Å²) in [4.78, 5) is 78.5. The number of hydrogen-bond acceptors (Lipinski definition) is 20. The molecule has 0 aromatic heterocycles. The van der Waals surface area contributed by atoms with Crippen LogP contribution in [-0.4, -0.2) is 127 Å². The highest BCUT2D eigenvalue weighted by Gasteiger charge is 2.52. The molecule has 370 valence electrons. The third-order valence-corrected chi connectivity index (χ3v) is 12.6. The SMILES string of the molecule is CC(=O)O[C@@H]1[C@@H](O)[C@H](C)O[C@@H](Oc2cc(O)c3c(c2)[C@H]([C@H]2c4cc(C)cc(O)c4C(=O)c4c(O)cc(O[C@@H]5O[C@@H](C)[C@H](O)[C@@H](OC(C)=O)[C@H]5OC(C)=O)cc42)c2cc(C)cc(O)c2C3=O)[C@@H]1OC(C)=O. The van der Waals surface area contributed by atoms with Crippen LogP contribution >= 0.6 is 0 Å². The van der Waals surface area contributed by atoms with E-state index in [-0.39, 0.29) is 56.0 Å². The van der Waals surface area contributed by atoms with E-state index in [0.717, 1.165) is 39.8 Å². The third kappa shape index (κ3) is 8.82. The van der Waals surface area contributed by atoms with Crippen LogP contribution in [0.2, 0.25) is 0 Å². The van der Waals surface area contributed by atoms with E-state index in [2.05, 4.69) is 0 Å². The minimum absolute atomic E-state index is 0.0302. The molecule has 2 aliphatic carbocycles. The van der Waals surface area contributed by atoms with Gasteiger partial charge in [-0.15, -0.1) is 0 Å². The molecule has 2 fully saturated rings. The van der Waals surface area contributed by atoms with E-state index >= 15 is 0 Å².